The summed E-state index contributed by atoms with van der Waals surface area (Å²) in [4.78, 5) is 25.1. The van der Waals surface area contributed by atoms with E-state index in [4.69, 9.17) is 0 Å². The highest BCUT2D eigenvalue weighted by molar-refractivity contribution is 8.01. The van der Waals surface area contributed by atoms with Gasteiger partial charge in [0.05, 0.1) is 11.5 Å². The summed E-state index contributed by atoms with van der Waals surface area (Å²) < 4.78 is 13.5. The zero-order valence-corrected chi connectivity index (χ0v) is 16.4. The molecule has 5 nitrogen and oxygen atoms in total. The van der Waals surface area contributed by atoms with Crippen molar-refractivity contribution in [3.8, 4) is 0 Å². The summed E-state index contributed by atoms with van der Waals surface area (Å²) in [7, 11) is 0. The maximum Gasteiger partial charge on any atom is 0.236 e. The van der Waals surface area contributed by atoms with Crippen LogP contribution in [0.15, 0.2) is 63.8 Å². The fourth-order valence-electron chi connectivity index (χ4n) is 1.99. The van der Waals surface area contributed by atoms with Crippen LogP contribution in [0.3, 0.4) is 0 Å². The number of ketones is 1. The van der Waals surface area contributed by atoms with E-state index in [1.165, 1.54) is 59.1 Å². The molecule has 27 heavy (non-hydrogen) atoms. The van der Waals surface area contributed by atoms with Gasteiger partial charge >= 0.3 is 0 Å². The lowest BCUT2D eigenvalue weighted by Crippen LogP contribution is -2.13. The Bertz CT molecular complexity index is 917. The van der Waals surface area contributed by atoms with Gasteiger partial charge in [-0.3, -0.25) is 14.9 Å². The van der Waals surface area contributed by atoms with Gasteiger partial charge in [-0.1, -0.05) is 41.3 Å². The van der Waals surface area contributed by atoms with E-state index >= 15 is 0 Å². The topological polar surface area (TPSA) is 72.0 Å². The first-order chi connectivity index (χ1) is 13.1. The Morgan fingerprint density at radius 2 is 1.70 bits per heavy atom. The molecule has 1 N–H and O–H groups in total. The predicted molar refractivity (Wildman–Crippen MR) is 107 cm³/mol. The molecule has 3 rings (SSSR count). The van der Waals surface area contributed by atoms with Gasteiger partial charge in [-0.2, -0.15) is 0 Å². The van der Waals surface area contributed by atoms with E-state index in [2.05, 4.69) is 15.5 Å². The number of amides is 1. The molecule has 1 heterocycles. The quantitative estimate of drug-likeness (QED) is 0.332. The van der Waals surface area contributed by atoms with Gasteiger partial charge in [-0.05, 0) is 36.4 Å². The van der Waals surface area contributed by atoms with E-state index in [9.17, 15) is 14.0 Å². The summed E-state index contributed by atoms with van der Waals surface area (Å²) in [5.74, 6) is -0.235. The fraction of sp³-hybridized carbons (Fsp3) is 0.111. The lowest BCUT2D eigenvalue weighted by atomic mass is 10.1. The number of halogens is 1. The molecule has 138 valence electrons. The molecule has 0 spiro atoms. The van der Waals surface area contributed by atoms with Gasteiger partial charge in [0.1, 0.15) is 5.82 Å². The smallest absolute Gasteiger partial charge is 0.236 e. The molecule has 0 aliphatic heterocycles. The van der Waals surface area contributed by atoms with Gasteiger partial charge in [0, 0.05) is 10.5 Å². The van der Waals surface area contributed by atoms with Crippen LogP contribution < -0.4 is 5.32 Å². The summed E-state index contributed by atoms with van der Waals surface area (Å²) in [6, 6.07) is 15.1. The molecule has 9 heteroatoms. The summed E-state index contributed by atoms with van der Waals surface area (Å²) in [6.45, 7) is 0. The molecule has 0 fully saturated rings. The normalized spacial score (nSPS) is 10.6. The molecule has 1 aromatic heterocycles. The standard InChI is InChI=1S/C18H14FN3O2S3/c19-13-8-6-12(7-9-13)15(23)10-26-18-22-21-17(27-18)20-16(24)11-25-14-4-2-1-3-5-14/h1-9H,10-11H2,(H,20,21,24). The zero-order chi connectivity index (χ0) is 19.1. The maximum absolute atomic E-state index is 12.9. The Labute approximate surface area is 167 Å². The Morgan fingerprint density at radius 3 is 2.44 bits per heavy atom. The lowest BCUT2D eigenvalue weighted by molar-refractivity contribution is -0.113. The molecule has 0 unspecified atom stereocenters. The third kappa shape index (κ3) is 6.16. The van der Waals surface area contributed by atoms with Crippen LogP contribution in [0, 0.1) is 5.82 Å². The number of carbonyl (C=O) groups excluding carboxylic acids is 2. The molecule has 1 amide bonds. The number of Topliss-reactive ketones (excluding diaryl/α,β-unsaturated/α-hetero) is 1. The maximum atomic E-state index is 12.9. The number of benzene rings is 2. The minimum Gasteiger partial charge on any atom is -0.300 e. The highest BCUT2D eigenvalue weighted by Crippen LogP contribution is 2.26. The molecule has 0 radical (unpaired) electrons. The SMILES string of the molecule is O=C(CSc1ccccc1)Nc1nnc(SCC(=O)c2ccc(F)cc2)s1. The molecule has 0 aliphatic rings. The van der Waals surface area contributed by atoms with Crippen LogP contribution in [0.2, 0.25) is 0 Å². The molecule has 2 aromatic carbocycles. The highest BCUT2D eigenvalue weighted by Gasteiger charge is 2.12. The van der Waals surface area contributed by atoms with E-state index < -0.39 is 0 Å². The molecule has 0 saturated carbocycles. The second kappa shape index (κ2) is 9.63. The van der Waals surface area contributed by atoms with Crippen LogP contribution in [-0.4, -0.2) is 33.4 Å². The van der Waals surface area contributed by atoms with Crippen LogP contribution in [0.4, 0.5) is 9.52 Å². The van der Waals surface area contributed by atoms with Crippen molar-refractivity contribution < 1.29 is 14.0 Å². The van der Waals surface area contributed by atoms with E-state index in [0.717, 1.165) is 4.90 Å². The Balaban J connectivity index is 1.45. The van der Waals surface area contributed by atoms with Crippen LogP contribution in [0.1, 0.15) is 10.4 Å². The van der Waals surface area contributed by atoms with E-state index in [0.29, 0.717) is 15.0 Å². The summed E-state index contributed by atoms with van der Waals surface area (Å²) in [6.07, 6.45) is 0. The minimum atomic E-state index is -0.380. The average molecular weight is 420 g/mol. The van der Waals surface area contributed by atoms with Crippen LogP contribution in [0.25, 0.3) is 0 Å². The van der Waals surface area contributed by atoms with Gasteiger partial charge in [-0.25, -0.2) is 4.39 Å². The van der Waals surface area contributed by atoms with Gasteiger partial charge < -0.3 is 0 Å². The monoisotopic (exact) mass is 419 g/mol. The van der Waals surface area contributed by atoms with E-state index in [1.54, 1.807) is 0 Å². The molecule has 0 aliphatic carbocycles. The number of carbonyl (C=O) groups is 2. The first-order valence-corrected chi connectivity index (χ1v) is 10.6. The van der Waals surface area contributed by atoms with Gasteiger partial charge in [0.2, 0.25) is 11.0 Å². The average Bonchev–Trinajstić information content (AvgIpc) is 3.13. The number of hydrogen-bond acceptors (Lipinski definition) is 7. The van der Waals surface area contributed by atoms with E-state index in [-0.39, 0.29) is 29.0 Å². The van der Waals surface area contributed by atoms with Gasteiger partial charge in [0.15, 0.2) is 10.1 Å². The zero-order valence-electron chi connectivity index (χ0n) is 13.9. The Hall–Kier alpha value is -2.23. The number of thioether (sulfide) groups is 2. The molecular weight excluding hydrogens is 405 g/mol. The number of rotatable bonds is 8. The Kier molecular flexibility index (Phi) is 6.97. The largest absolute Gasteiger partial charge is 0.300 e. The second-order valence-electron chi connectivity index (χ2n) is 5.24. The summed E-state index contributed by atoms with van der Waals surface area (Å²) in [5.41, 5.74) is 0.444. The van der Waals surface area contributed by atoms with Crippen molar-refractivity contribution in [1.29, 1.82) is 0 Å². The number of nitrogens with one attached hydrogen (secondary N) is 1. The molecule has 0 saturated heterocycles. The van der Waals surface area contributed by atoms with Crippen molar-refractivity contribution in [3.63, 3.8) is 0 Å². The number of aromatic nitrogens is 2. The molecular formula is C18H14FN3O2S3. The molecule has 3 aromatic rings. The third-order valence-corrected chi connectivity index (χ3v) is 6.24. The van der Waals surface area contributed by atoms with Crippen molar-refractivity contribution >= 4 is 51.7 Å². The Morgan fingerprint density at radius 1 is 0.963 bits per heavy atom. The van der Waals surface area contributed by atoms with Crippen LogP contribution in [0.5, 0.6) is 0 Å². The number of hydrogen-bond donors (Lipinski definition) is 1. The van der Waals surface area contributed by atoms with Gasteiger partial charge in [0.25, 0.3) is 0 Å². The van der Waals surface area contributed by atoms with Crippen molar-refractivity contribution in [1.82, 2.24) is 10.2 Å². The second-order valence-corrected chi connectivity index (χ2v) is 8.49. The van der Waals surface area contributed by atoms with Crippen molar-refractivity contribution in [2.45, 2.75) is 9.24 Å². The van der Waals surface area contributed by atoms with E-state index in [1.807, 2.05) is 30.3 Å². The first kappa shape index (κ1) is 19.5. The van der Waals surface area contributed by atoms with Crippen molar-refractivity contribution in [2.24, 2.45) is 0 Å². The third-order valence-electron chi connectivity index (χ3n) is 3.26. The summed E-state index contributed by atoms with van der Waals surface area (Å²) in [5, 5.41) is 11.0. The number of anilines is 1. The van der Waals surface area contributed by atoms with Crippen LogP contribution in [-0.2, 0) is 4.79 Å². The number of nitrogens with zero attached hydrogens (tertiary/aromatic N) is 2. The fourth-order valence-corrected chi connectivity index (χ4v) is 4.37. The highest BCUT2D eigenvalue weighted by atomic mass is 32.2. The van der Waals surface area contributed by atoms with Crippen molar-refractivity contribution in [2.75, 3.05) is 16.8 Å². The molecule has 0 atom stereocenters. The summed E-state index contributed by atoms with van der Waals surface area (Å²) >= 11 is 3.88. The lowest BCUT2D eigenvalue weighted by Gasteiger charge is -2.01. The van der Waals surface area contributed by atoms with Gasteiger partial charge in [-0.15, -0.1) is 22.0 Å². The minimum absolute atomic E-state index is 0.125. The molecule has 0 bridgehead atoms. The first-order valence-electron chi connectivity index (χ1n) is 7.83. The van der Waals surface area contributed by atoms with Crippen molar-refractivity contribution in [3.05, 3.63) is 66.0 Å². The predicted octanol–water partition coefficient (Wildman–Crippen LogP) is 4.38. The van der Waals surface area contributed by atoms with Crippen LogP contribution >= 0.6 is 34.9 Å².